The Balaban J connectivity index is 3.54. The van der Waals surface area contributed by atoms with Crippen LogP contribution in [0.15, 0.2) is 0 Å². The van der Waals surface area contributed by atoms with Crippen LogP contribution in [-0.4, -0.2) is 52.3 Å². The minimum Gasteiger partial charge on any atom is -0.469 e. The second-order valence-corrected chi connectivity index (χ2v) is 5.39. The smallest absolute Gasteiger partial charge is 0.313 e. The Morgan fingerprint density at radius 3 is 1.09 bits per heavy atom. The van der Waals surface area contributed by atoms with Crippen molar-refractivity contribution in [2.24, 2.45) is 22.7 Å². The molecule has 0 saturated heterocycles. The maximum atomic E-state index is 12.2. The molecule has 0 aliphatic heterocycles. The van der Waals surface area contributed by atoms with Gasteiger partial charge < -0.3 is 18.9 Å². The molecule has 1 aliphatic rings. The van der Waals surface area contributed by atoms with Gasteiger partial charge in [-0.1, -0.05) is 0 Å². The minimum absolute atomic E-state index is 0.801. The quantitative estimate of drug-likeness (QED) is 0.524. The minimum atomic E-state index is -1.61. The molecule has 0 aromatic carbocycles. The van der Waals surface area contributed by atoms with Crippen LogP contribution in [0.5, 0.6) is 0 Å². The molecule has 2 unspecified atom stereocenters. The van der Waals surface area contributed by atoms with Gasteiger partial charge >= 0.3 is 23.9 Å². The molecule has 124 valence electrons. The molecule has 1 rings (SSSR count). The Morgan fingerprint density at radius 1 is 0.636 bits per heavy atom. The largest absolute Gasteiger partial charge is 0.469 e. The highest BCUT2D eigenvalue weighted by molar-refractivity contribution is 6.02. The SMILES string of the molecule is COC(=O)[C@H]1[C@H](C(=O)OC)C(C)(C(=O)OC)C1(C)C(=O)OC. The summed E-state index contributed by atoms with van der Waals surface area (Å²) < 4.78 is 18.8. The molecule has 1 aliphatic carbocycles. The van der Waals surface area contributed by atoms with Crippen LogP contribution in [0.1, 0.15) is 13.8 Å². The monoisotopic (exact) mass is 316 g/mol. The third kappa shape index (κ3) is 1.97. The van der Waals surface area contributed by atoms with Crippen LogP contribution >= 0.6 is 0 Å². The summed E-state index contributed by atoms with van der Waals surface area (Å²) in [6, 6.07) is 0. The third-order valence-electron chi connectivity index (χ3n) is 4.79. The number of carbonyl (C=O) groups is 4. The number of esters is 4. The van der Waals surface area contributed by atoms with Crippen molar-refractivity contribution in [3.63, 3.8) is 0 Å². The first-order valence-corrected chi connectivity index (χ1v) is 6.50. The fourth-order valence-corrected chi connectivity index (χ4v) is 3.32. The van der Waals surface area contributed by atoms with Crippen molar-refractivity contribution in [1.82, 2.24) is 0 Å². The zero-order chi connectivity index (χ0) is 17.3. The van der Waals surface area contributed by atoms with E-state index in [1.54, 1.807) is 0 Å². The van der Waals surface area contributed by atoms with Crippen LogP contribution in [0.3, 0.4) is 0 Å². The molecule has 0 aromatic rings. The van der Waals surface area contributed by atoms with Gasteiger partial charge in [0.05, 0.1) is 51.1 Å². The first-order valence-electron chi connectivity index (χ1n) is 6.50. The number of ether oxygens (including phenoxy) is 4. The van der Waals surface area contributed by atoms with Gasteiger partial charge in [0.2, 0.25) is 0 Å². The van der Waals surface area contributed by atoms with Crippen molar-refractivity contribution < 1.29 is 38.1 Å². The summed E-state index contributed by atoms with van der Waals surface area (Å²) in [5.74, 6) is -5.63. The van der Waals surface area contributed by atoms with Crippen molar-refractivity contribution in [3.05, 3.63) is 0 Å². The van der Waals surface area contributed by atoms with E-state index in [9.17, 15) is 19.2 Å². The van der Waals surface area contributed by atoms with Gasteiger partial charge in [0.1, 0.15) is 0 Å². The molecule has 0 amide bonds. The molecule has 4 atom stereocenters. The van der Waals surface area contributed by atoms with Crippen LogP contribution in [0, 0.1) is 22.7 Å². The van der Waals surface area contributed by atoms with Crippen LogP contribution in [0.2, 0.25) is 0 Å². The van der Waals surface area contributed by atoms with E-state index in [0.717, 1.165) is 28.4 Å². The lowest BCUT2D eigenvalue weighted by molar-refractivity contribution is -0.237. The number of hydrogen-bond acceptors (Lipinski definition) is 8. The van der Waals surface area contributed by atoms with Gasteiger partial charge in [-0.15, -0.1) is 0 Å². The first kappa shape index (κ1) is 17.9. The fraction of sp³-hybridized carbons (Fsp3) is 0.714. The molecule has 0 spiro atoms. The van der Waals surface area contributed by atoms with E-state index in [1.165, 1.54) is 13.8 Å². The summed E-state index contributed by atoms with van der Waals surface area (Å²) in [7, 11) is 4.51. The van der Waals surface area contributed by atoms with Gasteiger partial charge in [0.15, 0.2) is 0 Å². The maximum Gasteiger partial charge on any atom is 0.313 e. The van der Waals surface area contributed by atoms with E-state index in [1.807, 2.05) is 0 Å². The van der Waals surface area contributed by atoms with Gasteiger partial charge in [0.25, 0.3) is 0 Å². The summed E-state index contributed by atoms with van der Waals surface area (Å²) in [5.41, 5.74) is -3.22. The van der Waals surface area contributed by atoms with E-state index in [4.69, 9.17) is 9.47 Å². The average molecular weight is 316 g/mol. The lowest BCUT2D eigenvalue weighted by Gasteiger charge is -2.59. The number of methoxy groups -OCH3 is 4. The Bertz CT molecular complexity index is 467. The van der Waals surface area contributed by atoms with E-state index < -0.39 is 46.5 Å². The fourth-order valence-electron chi connectivity index (χ4n) is 3.32. The molecule has 0 bridgehead atoms. The standard InChI is InChI=1S/C14H20O8/c1-13(11(17)21-5)7(9(15)19-3)8(10(16)20-4)14(13,2)12(18)22-6/h7-8H,1-6H3/t7-,8-,13?,14?/m1/s1. The lowest BCUT2D eigenvalue weighted by Crippen LogP contribution is -2.73. The second kappa shape index (κ2) is 5.94. The summed E-state index contributed by atoms with van der Waals surface area (Å²) in [6.45, 7) is 2.74. The van der Waals surface area contributed by atoms with Crippen LogP contribution < -0.4 is 0 Å². The van der Waals surface area contributed by atoms with Gasteiger partial charge in [-0.2, -0.15) is 0 Å². The van der Waals surface area contributed by atoms with E-state index in [0.29, 0.717) is 0 Å². The molecular formula is C14H20O8. The zero-order valence-corrected chi connectivity index (χ0v) is 13.4. The number of rotatable bonds is 4. The maximum absolute atomic E-state index is 12.2. The molecule has 8 nitrogen and oxygen atoms in total. The topological polar surface area (TPSA) is 105 Å². The highest BCUT2D eigenvalue weighted by Gasteiger charge is 2.80. The summed E-state index contributed by atoms with van der Waals surface area (Å²) in [6.07, 6.45) is 0. The molecule has 0 N–H and O–H groups in total. The predicted octanol–water partition coefficient (Wildman–Crippen LogP) is -0.0630. The Labute approximate surface area is 128 Å². The highest BCUT2D eigenvalue weighted by atomic mass is 16.5. The van der Waals surface area contributed by atoms with Crippen LogP contribution in [0.4, 0.5) is 0 Å². The van der Waals surface area contributed by atoms with Crippen molar-refractivity contribution in [1.29, 1.82) is 0 Å². The Morgan fingerprint density at radius 2 is 0.909 bits per heavy atom. The van der Waals surface area contributed by atoms with Gasteiger partial charge in [-0.05, 0) is 13.8 Å². The summed E-state index contributed by atoms with van der Waals surface area (Å²) in [4.78, 5) is 48.6. The average Bonchev–Trinajstić information content (AvgIpc) is 2.54. The molecule has 8 heteroatoms. The van der Waals surface area contributed by atoms with Crippen molar-refractivity contribution in [2.45, 2.75) is 13.8 Å². The summed E-state index contributed by atoms with van der Waals surface area (Å²) >= 11 is 0. The predicted molar refractivity (Wildman–Crippen MR) is 71.3 cm³/mol. The Hall–Kier alpha value is -2.12. The van der Waals surface area contributed by atoms with Crippen LogP contribution in [-0.2, 0) is 38.1 Å². The third-order valence-corrected chi connectivity index (χ3v) is 4.79. The van der Waals surface area contributed by atoms with Crippen LogP contribution in [0.25, 0.3) is 0 Å². The van der Waals surface area contributed by atoms with E-state index in [-0.39, 0.29) is 0 Å². The zero-order valence-electron chi connectivity index (χ0n) is 13.4. The van der Waals surface area contributed by atoms with Gasteiger partial charge in [0, 0.05) is 0 Å². The van der Waals surface area contributed by atoms with Gasteiger partial charge in [-0.25, -0.2) is 0 Å². The highest BCUT2D eigenvalue weighted by Crippen LogP contribution is 2.66. The van der Waals surface area contributed by atoms with Gasteiger partial charge in [-0.3, -0.25) is 19.2 Å². The number of hydrogen-bond donors (Lipinski definition) is 0. The molecule has 0 heterocycles. The normalized spacial score (nSPS) is 33.2. The van der Waals surface area contributed by atoms with Crippen molar-refractivity contribution in [2.75, 3.05) is 28.4 Å². The van der Waals surface area contributed by atoms with E-state index in [2.05, 4.69) is 9.47 Å². The Kier molecular flexibility index (Phi) is 4.84. The number of carbonyl (C=O) groups excluding carboxylic acids is 4. The van der Waals surface area contributed by atoms with Crippen molar-refractivity contribution >= 4 is 23.9 Å². The summed E-state index contributed by atoms with van der Waals surface area (Å²) in [5, 5.41) is 0. The lowest BCUT2D eigenvalue weighted by atomic mass is 9.39. The molecule has 0 aromatic heterocycles. The van der Waals surface area contributed by atoms with Crippen molar-refractivity contribution in [3.8, 4) is 0 Å². The first-order chi connectivity index (χ1) is 10.2. The van der Waals surface area contributed by atoms with E-state index >= 15 is 0 Å². The molecule has 22 heavy (non-hydrogen) atoms. The molecular weight excluding hydrogens is 296 g/mol. The second-order valence-electron chi connectivity index (χ2n) is 5.39. The molecule has 1 saturated carbocycles. The molecule has 0 radical (unpaired) electrons. The molecule has 1 fully saturated rings.